The Morgan fingerprint density at radius 2 is 2.22 bits per heavy atom. The molecule has 2 rings (SSSR count). The molecule has 0 saturated heterocycles. The van der Waals surface area contributed by atoms with Gasteiger partial charge in [-0.05, 0) is 12.3 Å². The van der Waals surface area contributed by atoms with Gasteiger partial charge in [-0.3, -0.25) is 0 Å². The summed E-state index contributed by atoms with van der Waals surface area (Å²) in [6.07, 6.45) is 0.0286. The van der Waals surface area contributed by atoms with Crippen molar-refractivity contribution < 1.29 is 13.2 Å². The van der Waals surface area contributed by atoms with Crippen LogP contribution in [0.5, 0.6) is 0 Å². The zero-order valence-electron chi connectivity index (χ0n) is 9.53. The number of imidazole rings is 1. The topological polar surface area (TPSA) is 42.2 Å². The first-order chi connectivity index (χ1) is 8.49. The van der Waals surface area contributed by atoms with Crippen molar-refractivity contribution in [3.8, 4) is 0 Å². The van der Waals surface area contributed by atoms with E-state index in [1.54, 1.807) is 23.0 Å². The number of nitrogens with zero attached hydrogens (tertiary/aromatic N) is 3. The molecule has 0 aliphatic rings. The van der Waals surface area contributed by atoms with Crippen LogP contribution < -0.4 is 5.32 Å². The van der Waals surface area contributed by atoms with Crippen molar-refractivity contribution in [2.75, 3.05) is 18.1 Å². The van der Waals surface area contributed by atoms with E-state index in [4.69, 9.17) is 0 Å². The Hall–Kier alpha value is -1.44. The normalized spacial score (nSPS) is 12.0. The lowest BCUT2D eigenvalue weighted by Crippen LogP contribution is -2.15. The average Bonchev–Trinajstić information content (AvgIpc) is 2.75. The van der Waals surface area contributed by atoms with Gasteiger partial charge < -0.3 is 5.32 Å². The molecule has 0 atom stereocenters. The first-order valence-corrected chi connectivity index (χ1v) is 6.41. The minimum atomic E-state index is -4.16. The van der Waals surface area contributed by atoms with Crippen LogP contribution in [0.2, 0.25) is 0 Å². The van der Waals surface area contributed by atoms with Gasteiger partial charge in [0.15, 0.2) is 5.65 Å². The summed E-state index contributed by atoms with van der Waals surface area (Å²) in [6.45, 7) is -0.177. The molecule has 0 aliphatic heterocycles. The van der Waals surface area contributed by atoms with Crippen molar-refractivity contribution in [2.45, 2.75) is 17.6 Å². The lowest BCUT2D eigenvalue weighted by atomic mass is 10.4. The molecular weight excluding hydrogens is 265 g/mol. The van der Waals surface area contributed by atoms with Gasteiger partial charge in [0, 0.05) is 18.9 Å². The van der Waals surface area contributed by atoms with E-state index < -0.39 is 12.6 Å². The maximum Gasteiger partial charge on any atom is 0.390 e. The monoisotopic (exact) mass is 276 g/mol. The predicted octanol–water partition coefficient (Wildman–Crippen LogP) is 2.82. The predicted molar refractivity (Wildman–Crippen MR) is 63.9 cm³/mol. The van der Waals surface area contributed by atoms with Crippen LogP contribution >= 0.6 is 11.8 Å². The van der Waals surface area contributed by atoms with E-state index >= 15 is 0 Å². The highest BCUT2D eigenvalue weighted by Gasteiger charge is 2.26. The Labute approximate surface area is 106 Å². The van der Waals surface area contributed by atoms with Crippen LogP contribution in [-0.2, 0) is 0 Å². The molecule has 18 heavy (non-hydrogen) atoms. The molecule has 0 fully saturated rings. The number of alkyl halides is 3. The molecule has 0 radical (unpaired) electrons. The van der Waals surface area contributed by atoms with Crippen LogP contribution in [0, 0.1) is 0 Å². The third-order valence-corrected chi connectivity index (χ3v) is 2.89. The van der Waals surface area contributed by atoms with Crippen molar-refractivity contribution in [2.24, 2.45) is 0 Å². The number of thioether (sulfide) groups is 1. The van der Waals surface area contributed by atoms with Gasteiger partial charge >= 0.3 is 6.18 Å². The maximum absolute atomic E-state index is 12.1. The van der Waals surface area contributed by atoms with Crippen LogP contribution in [-0.4, -0.2) is 33.6 Å². The number of hydrogen-bond donors (Lipinski definition) is 1. The number of fused-ring (bicyclic) bond motifs is 1. The molecule has 2 aromatic heterocycles. The highest BCUT2D eigenvalue weighted by molar-refractivity contribution is 7.98. The van der Waals surface area contributed by atoms with Gasteiger partial charge in [0.25, 0.3) is 0 Å². The Bertz CT molecular complexity index is 537. The Balaban J connectivity index is 2.18. The lowest BCUT2D eigenvalue weighted by molar-refractivity contribution is -0.131. The summed E-state index contributed by atoms with van der Waals surface area (Å²) in [5, 5.41) is 7.69. The van der Waals surface area contributed by atoms with Gasteiger partial charge in [-0.25, -0.2) is 9.50 Å². The number of anilines is 1. The minimum absolute atomic E-state index is 0.177. The molecule has 4 nitrogen and oxygen atoms in total. The molecule has 0 saturated carbocycles. The molecule has 0 aromatic carbocycles. The van der Waals surface area contributed by atoms with E-state index in [9.17, 15) is 13.2 Å². The quantitative estimate of drug-likeness (QED) is 0.872. The van der Waals surface area contributed by atoms with Gasteiger partial charge in [-0.15, -0.1) is 11.8 Å². The van der Waals surface area contributed by atoms with E-state index in [1.807, 2.05) is 6.26 Å². The zero-order valence-corrected chi connectivity index (χ0v) is 10.3. The fourth-order valence-electron chi connectivity index (χ4n) is 1.46. The molecular formula is C10H11F3N4S. The van der Waals surface area contributed by atoms with E-state index in [0.717, 1.165) is 5.03 Å². The van der Waals surface area contributed by atoms with Crippen molar-refractivity contribution in [3.63, 3.8) is 0 Å². The van der Waals surface area contributed by atoms with Crippen LogP contribution in [0.15, 0.2) is 23.5 Å². The van der Waals surface area contributed by atoms with Crippen molar-refractivity contribution in [1.29, 1.82) is 0 Å². The Morgan fingerprint density at radius 1 is 1.44 bits per heavy atom. The highest BCUT2D eigenvalue weighted by atomic mass is 32.2. The van der Waals surface area contributed by atoms with Crippen molar-refractivity contribution >= 4 is 23.1 Å². The molecule has 0 aliphatic carbocycles. The van der Waals surface area contributed by atoms with E-state index in [0.29, 0.717) is 11.3 Å². The summed E-state index contributed by atoms with van der Waals surface area (Å²) < 4.78 is 37.8. The molecule has 0 spiro atoms. The van der Waals surface area contributed by atoms with Gasteiger partial charge in [-0.1, -0.05) is 0 Å². The number of rotatable bonds is 4. The summed E-state index contributed by atoms with van der Waals surface area (Å²) in [6, 6.07) is 1.70. The van der Waals surface area contributed by atoms with Gasteiger partial charge in [0.05, 0.1) is 12.1 Å². The molecule has 98 valence electrons. The van der Waals surface area contributed by atoms with Crippen LogP contribution in [0.3, 0.4) is 0 Å². The van der Waals surface area contributed by atoms with E-state index in [-0.39, 0.29) is 6.54 Å². The summed E-state index contributed by atoms with van der Waals surface area (Å²) in [5.74, 6) is 0. The molecule has 2 heterocycles. The summed E-state index contributed by atoms with van der Waals surface area (Å²) in [7, 11) is 0. The van der Waals surface area contributed by atoms with E-state index in [2.05, 4.69) is 15.4 Å². The summed E-state index contributed by atoms with van der Waals surface area (Å²) in [4.78, 5) is 4.06. The number of hydrogen-bond acceptors (Lipinski definition) is 4. The number of halogens is 3. The first-order valence-electron chi connectivity index (χ1n) is 5.18. The standard InChI is InChI=1S/C10H11F3N4S/c1-18-8-6-7(14-3-2-10(11,12)13)9-15-4-5-17(9)16-8/h4-6,14H,2-3H2,1H3. The third kappa shape index (κ3) is 3.06. The zero-order chi connectivity index (χ0) is 13.2. The second-order valence-corrected chi connectivity index (χ2v) is 4.41. The van der Waals surface area contributed by atoms with Gasteiger partial charge in [-0.2, -0.15) is 18.3 Å². The molecule has 1 N–H and O–H groups in total. The van der Waals surface area contributed by atoms with Gasteiger partial charge in [0.1, 0.15) is 5.03 Å². The number of nitrogens with one attached hydrogen (secondary N) is 1. The van der Waals surface area contributed by atoms with Crippen LogP contribution in [0.4, 0.5) is 18.9 Å². The minimum Gasteiger partial charge on any atom is -0.382 e. The fourth-order valence-corrected chi connectivity index (χ4v) is 1.87. The van der Waals surface area contributed by atoms with Crippen LogP contribution in [0.25, 0.3) is 5.65 Å². The SMILES string of the molecule is CSc1cc(NCCC(F)(F)F)c2nccn2n1. The molecule has 0 amide bonds. The largest absolute Gasteiger partial charge is 0.390 e. The lowest BCUT2D eigenvalue weighted by Gasteiger charge is -2.10. The van der Waals surface area contributed by atoms with Crippen LogP contribution in [0.1, 0.15) is 6.42 Å². The second kappa shape index (κ2) is 5.05. The average molecular weight is 276 g/mol. The fraction of sp³-hybridized carbons (Fsp3) is 0.400. The highest BCUT2D eigenvalue weighted by Crippen LogP contribution is 2.23. The second-order valence-electron chi connectivity index (χ2n) is 3.59. The summed E-state index contributed by atoms with van der Waals surface area (Å²) in [5.41, 5.74) is 1.08. The van der Waals surface area contributed by atoms with Crippen molar-refractivity contribution in [3.05, 3.63) is 18.5 Å². The Kier molecular flexibility index (Phi) is 3.65. The van der Waals surface area contributed by atoms with E-state index in [1.165, 1.54) is 11.8 Å². The number of aromatic nitrogens is 3. The van der Waals surface area contributed by atoms with Crippen molar-refractivity contribution in [1.82, 2.24) is 14.6 Å². The molecule has 2 aromatic rings. The maximum atomic E-state index is 12.1. The smallest absolute Gasteiger partial charge is 0.382 e. The molecule has 0 bridgehead atoms. The molecule has 8 heteroatoms. The Morgan fingerprint density at radius 3 is 2.89 bits per heavy atom. The third-order valence-electron chi connectivity index (χ3n) is 2.27. The summed E-state index contributed by atoms with van der Waals surface area (Å²) >= 11 is 1.42. The molecule has 0 unspecified atom stereocenters. The first kappa shape index (κ1) is 13.0. The van der Waals surface area contributed by atoms with Gasteiger partial charge in [0.2, 0.25) is 0 Å².